The maximum Gasteiger partial charge on any atom is 0.244 e. The minimum Gasteiger partial charge on any atom is -0.357 e. The van der Waals surface area contributed by atoms with Crippen LogP contribution >= 0.6 is 24.0 Å². The van der Waals surface area contributed by atoms with Gasteiger partial charge in [-0.2, -0.15) is 0 Å². The summed E-state index contributed by atoms with van der Waals surface area (Å²) >= 11 is 0. The van der Waals surface area contributed by atoms with Crippen LogP contribution in [0.5, 0.6) is 0 Å². The number of halogens is 1. The lowest BCUT2D eigenvalue weighted by Gasteiger charge is -2.15. The third-order valence-electron chi connectivity index (χ3n) is 3.84. The lowest BCUT2D eigenvalue weighted by molar-refractivity contribution is -0.128. The predicted octanol–water partition coefficient (Wildman–Crippen LogP) is 0.308. The van der Waals surface area contributed by atoms with Gasteiger partial charge in [0.2, 0.25) is 11.8 Å². The highest BCUT2D eigenvalue weighted by atomic mass is 127. The summed E-state index contributed by atoms with van der Waals surface area (Å²) in [5, 5.41) is 9.13. The van der Waals surface area contributed by atoms with Gasteiger partial charge < -0.3 is 20.9 Å². The summed E-state index contributed by atoms with van der Waals surface area (Å²) in [6.07, 6.45) is 4.22. The van der Waals surface area contributed by atoms with Gasteiger partial charge in [0.15, 0.2) is 5.96 Å². The molecule has 0 spiro atoms. The van der Waals surface area contributed by atoms with Crippen molar-refractivity contribution < 1.29 is 9.59 Å². The van der Waals surface area contributed by atoms with Crippen LogP contribution in [0.3, 0.4) is 0 Å². The number of carbonyl (C=O) groups excluding carboxylic acids is 2. The van der Waals surface area contributed by atoms with Crippen molar-refractivity contribution in [1.29, 1.82) is 0 Å². The SMILES string of the molecule is CCNC(=NCC(=O)N1CCCC1)NCCNC(=O)C1CC1.I. The summed E-state index contributed by atoms with van der Waals surface area (Å²) in [5.41, 5.74) is 0. The van der Waals surface area contributed by atoms with Crippen molar-refractivity contribution in [3.8, 4) is 0 Å². The Kier molecular flexibility index (Phi) is 9.27. The Morgan fingerprint density at radius 3 is 2.35 bits per heavy atom. The van der Waals surface area contributed by atoms with Crippen LogP contribution in [0.2, 0.25) is 0 Å². The zero-order chi connectivity index (χ0) is 15.8. The molecule has 1 aliphatic heterocycles. The van der Waals surface area contributed by atoms with Crippen LogP contribution in [0.1, 0.15) is 32.6 Å². The summed E-state index contributed by atoms with van der Waals surface area (Å²) in [6.45, 7) is 5.76. The molecule has 0 aromatic rings. The fourth-order valence-corrected chi connectivity index (χ4v) is 2.41. The van der Waals surface area contributed by atoms with Crippen LogP contribution in [0.15, 0.2) is 4.99 Å². The third-order valence-corrected chi connectivity index (χ3v) is 3.84. The number of carbonyl (C=O) groups is 2. The molecule has 1 aliphatic carbocycles. The van der Waals surface area contributed by atoms with Crippen molar-refractivity contribution in [3.63, 3.8) is 0 Å². The molecule has 1 saturated heterocycles. The van der Waals surface area contributed by atoms with Crippen molar-refractivity contribution in [2.45, 2.75) is 32.6 Å². The van der Waals surface area contributed by atoms with Crippen LogP contribution in [-0.2, 0) is 9.59 Å². The average Bonchev–Trinajstić information content (AvgIpc) is 3.23. The highest BCUT2D eigenvalue weighted by Gasteiger charge is 2.28. The Balaban J connectivity index is 0.00000264. The molecule has 1 saturated carbocycles. The minimum absolute atomic E-state index is 0. The topological polar surface area (TPSA) is 85.8 Å². The molecule has 23 heavy (non-hydrogen) atoms. The molecule has 0 radical (unpaired) electrons. The summed E-state index contributed by atoms with van der Waals surface area (Å²) in [4.78, 5) is 29.6. The fraction of sp³-hybridized carbons (Fsp3) is 0.800. The van der Waals surface area contributed by atoms with Crippen molar-refractivity contribution in [1.82, 2.24) is 20.9 Å². The van der Waals surface area contributed by atoms with E-state index in [4.69, 9.17) is 0 Å². The maximum atomic E-state index is 12.0. The van der Waals surface area contributed by atoms with Gasteiger partial charge in [0.25, 0.3) is 0 Å². The first kappa shape index (κ1) is 20.0. The van der Waals surface area contributed by atoms with E-state index in [2.05, 4.69) is 20.9 Å². The molecule has 7 nitrogen and oxygen atoms in total. The standard InChI is InChI=1S/C15H27N5O2.HI/c1-2-16-15(18-8-7-17-14(22)12-5-6-12)19-11-13(21)20-9-3-4-10-20;/h12H,2-11H2,1H3,(H,17,22)(H2,16,18,19);1H. The Hall–Kier alpha value is -1.06. The van der Waals surface area contributed by atoms with Crippen LogP contribution in [-0.4, -0.2) is 61.9 Å². The number of hydrogen-bond acceptors (Lipinski definition) is 3. The first-order chi connectivity index (χ1) is 10.7. The highest BCUT2D eigenvalue weighted by molar-refractivity contribution is 14.0. The number of amides is 2. The van der Waals surface area contributed by atoms with E-state index in [1.54, 1.807) is 0 Å². The van der Waals surface area contributed by atoms with Crippen LogP contribution in [0.25, 0.3) is 0 Å². The largest absolute Gasteiger partial charge is 0.357 e. The first-order valence-electron chi connectivity index (χ1n) is 8.28. The summed E-state index contributed by atoms with van der Waals surface area (Å²) < 4.78 is 0. The van der Waals surface area contributed by atoms with E-state index in [-0.39, 0.29) is 48.3 Å². The van der Waals surface area contributed by atoms with Gasteiger partial charge in [0, 0.05) is 38.6 Å². The summed E-state index contributed by atoms with van der Waals surface area (Å²) in [5.74, 6) is 1.08. The van der Waals surface area contributed by atoms with E-state index in [1.165, 1.54) is 0 Å². The lowest BCUT2D eigenvalue weighted by atomic mass is 10.4. The number of nitrogens with zero attached hydrogens (tertiary/aromatic N) is 2. The monoisotopic (exact) mass is 437 g/mol. The Morgan fingerprint density at radius 1 is 1.09 bits per heavy atom. The van der Waals surface area contributed by atoms with Crippen molar-refractivity contribution in [2.75, 3.05) is 39.3 Å². The maximum absolute atomic E-state index is 12.0. The van der Waals surface area contributed by atoms with Gasteiger partial charge in [-0.15, -0.1) is 24.0 Å². The van der Waals surface area contributed by atoms with Gasteiger partial charge >= 0.3 is 0 Å². The summed E-state index contributed by atoms with van der Waals surface area (Å²) in [7, 11) is 0. The molecule has 2 amide bonds. The predicted molar refractivity (Wildman–Crippen MR) is 101 cm³/mol. The number of guanidine groups is 1. The van der Waals surface area contributed by atoms with Crippen molar-refractivity contribution >= 4 is 41.8 Å². The van der Waals surface area contributed by atoms with Crippen molar-refractivity contribution in [3.05, 3.63) is 0 Å². The molecule has 1 heterocycles. The average molecular weight is 437 g/mol. The molecule has 0 aromatic carbocycles. The Labute approximate surface area is 155 Å². The molecular formula is C15H28IN5O2. The van der Waals surface area contributed by atoms with Crippen LogP contribution < -0.4 is 16.0 Å². The van der Waals surface area contributed by atoms with E-state index in [1.807, 2.05) is 11.8 Å². The number of rotatable bonds is 7. The molecule has 0 unspecified atom stereocenters. The van der Waals surface area contributed by atoms with Gasteiger partial charge in [-0.25, -0.2) is 4.99 Å². The molecule has 0 aromatic heterocycles. The third kappa shape index (κ3) is 7.36. The van der Waals surface area contributed by atoms with E-state index >= 15 is 0 Å². The molecular weight excluding hydrogens is 409 g/mol. The Bertz CT molecular complexity index is 420. The van der Waals surface area contributed by atoms with E-state index in [0.717, 1.165) is 45.3 Å². The molecule has 3 N–H and O–H groups in total. The Morgan fingerprint density at radius 2 is 1.74 bits per heavy atom. The molecule has 2 aliphatic rings. The fourth-order valence-electron chi connectivity index (χ4n) is 2.41. The molecule has 0 bridgehead atoms. The molecule has 2 fully saturated rings. The second-order valence-corrected chi connectivity index (χ2v) is 5.78. The van der Waals surface area contributed by atoms with E-state index < -0.39 is 0 Å². The zero-order valence-corrected chi connectivity index (χ0v) is 16.1. The van der Waals surface area contributed by atoms with Gasteiger partial charge in [0.05, 0.1) is 0 Å². The smallest absolute Gasteiger partial charge is 0.244 e. The second-order valence-electron chi connectivity index (χ2n) is 5.78. The molecule has 0 atom stereocenters. The van der Waals surface area contributed by atoms with Crippen LogP contribution in [0.4, 0.5) is 0 Å². The lowest BCUT2D eigenvalue weighted by Crippen LogP contribution is -2.42. The van der Waals surface area contributed by atoms with Gasteiger partial charge in [-0.1, -0.05) is 0 Å². The van der Waals surface area contributed by atoms with Gasteiger partial charge in [-0.3, -0.25) is 9.59 Å². The normalized spacial score (nSPS) is 17.4. The number of hydrogen-bond donors (Lipinski definition) is 3. The zero-order valence-electron chi connectivity index (χ0n) is 13.8. The highest BCUT2D eigenvalue weighted by Crippen LogP contribution is 2.28. The molecule has 8 heteroatoms. The molecule has 132 valence electrons. The number of nitrogens with one attached hydrogen (secondary N) is 3. The minimum atomic E-state index is 0. The second kappa shape index (κ2) is 10.7. The molecule has 2 rings (SSSR count). The first-order valence-corrected chi connectivity index (χ1v) is 8.28. The van der Waals surface area contributed by atoms with Gasteiger partial charge in [-0.05, 0) is 32.6 Å². The van der Waals surface area contributed by atoms with Crippen LogP contribution in [0, 0.1) is 5.92 Å². The quantitative estimate of drug-likeness (QED) is 0.232. The number of aliphatic imine (C=N–C) groups is 1. The number of likely N-dealkylation sites (tertiary alicyclic amines) is 1. The summed E-state index contributed by atoms with van der Waals surface area (Å²) in [6, 6.07) is 0. The van der Waals surface area contributed by atoms with E-state index in [0.29, 0.717) is 19.0 Å². The van der Waals surface area contributed by atoms with E-state index in [9.17, 15) is 9.59 Å². The van der Waals surface area contributed by atoms with Crippen molar-refractivity contribution in [2.24, 2.45) is 10.9 Å². The van der Waals surface area contributed by atoms with Gasteiger partial charge in [0.1, 0.15) is 6.54 Å².